The highest BCUT2D eigenvalue weighted by atomic mass is 16.5. The number of rotatable bonds is 5. The molecule has 0 aliphatic heterocycles. The third kappa shape index (κ3) is 3.17. The first-order valence-electron chi connectivity index (χ1n) is 8.36. The molecule has 0 aromatic heterocycles. The van der Waals surface area contributed by atoms with Crippen LogP contribution in [-0.2, 0) is 6.42 Å². The van der Waals surface area contributed by atoms with Gasteiger partial charge in [-0.15, -0.1) is 0 Å². The Bertz CT molecular complexity index is 437. The van der Waals surface area contributed by atoms with Crippen molar-refractivity contribution in [3.8, 4) is 5.75 Å². The first-order chi connectivity index (χ1) is 9.86. The van der Waals surface area contributed by atoms with Crippen LogP contribution in [0.5, 0.6) is 5.75 Å². The standard InChI is InChI=1S/C18H27NO/c1-2-19-18-11-8-15-12-16(9-10-17(15)18)20-13-14-6-4-3-5-7-14/h9-10,12,14,18-19H,2-8,11,13H2,1H3. The van der Waals surface area contributed by atoms with Crippen LogP contribution in [0.25, 0.3) is 0 Å². The van der Waals surface area contributed by atoms with Crippen LogP contribution in [0.15, 0.2) is 18.2 Å². The van der Waals surface area contributed by atoms with Crippen molar-refractivity contribution >= 4 is 0 Å². The second-order valence-corrected chi connectivity index (χ2v) is 6.32. The van der Waals surface area contributed by atoms with Crippen molar-refractivity contribution in [3.63, 3.8) is 0 Å². The molecule has 0 heterocycles. The molecule has 110 valence electrons. The minimum absolute atomic E-state index is 0.558. The van der Waals surface area contributed by atoms with E-state index in [2.05, 4.69) is 30.4 Å². The number of ether oxygens (including phenoxy) is 1. The number of benzene rings is 1. The molecule has 0 radical (unpaired) electrons. The second kappa shape index (κ2) is 6.62. The lowest BCUT2D eigenvalue weighted by Crippen LogP contribution is -2.18. The highest BCUT2D eigenvalue weighted by molar-refractivity contribution is 5.40. The number of hydrogen-bond donors (Lipinski definition) is 1. The third-order valence-corrected chi connectivity index (χ3v) is 4.85. The molecular formula is C18H27NO. The molecule has 1 aromatic rings. The quantitative estimate of drug-likeness (QED) is 0.866. The molecule has 2 aliphatic rings. The molecule has 2 heteroatoms. The van der Waals surface area contributed by atoms with Crippen molar-refractivity contribution in [2.45, 2.75) is 57.9 Å². The maximum absolute atomic E-state index is 6.05. The molecule has 0 amide bonds. The number of fused-ring (bicyclic) bond motifs is 1. The lowest BCUT2D eigenvalue weighted by Gasteiger charge is -2.22. The molecule has 3 rings (SSSR count). The first-order valence-corrected chi connectivity index (χ1v) is 8.36. The van der Waals surface area contributed by atoms with Crippen molar-refractivity contribution in [2.24, 2.45) is 5.92 Å². The van der Waals surface area contributed by atoms with Crippen LogP contribution in [-0.4, -0.2) is 13.2 Å². The lowest BCUT2D eigenvalue weighted by atomic mass is 9.90. The summed E-state index contributed by atoms with van der Waals surface area (Å²) in [6.45, 7) is 4.14. The van der Waals surface area contributed by atoms with Crippen LogP contribution in [0.2, 0.25) is 0 Å². The second-order valence-electron chi connectivity index (χ2n) is 6.32. The Morgan fingerprint density at radius 1 is 1.15 bits per heavy atom. The van der Waals surface area contributed by atoms with Crippen LogP contribution in [0, 0.1) is 5.92 Å². The molecule has 1 saturated carbocycles. The van der Waals surface area contributed by atoms with Crippen molar-refractivity contribution in [2.75, 3.05) is 13.2 Å². The van der Waals surface area contributed by atoms with Crippen molar-refractivity contribution in [1.29, 1.82) is 0 Å². The summed E-state index contributed by atoms with van der Waals surface area (Å²) in [6, 6.07) is 7.26. The van der Waals surface area contributed by atoms with E-state index in [1.807, 2.05) is 0 Å². The fraction of sp³-hybridized carbons (Fsp3) is 0.667. The zero-order valence-corrected chi connectivity index (χ0v) is 12.7. The molecule has 1 unspecified atom stereocenters. The monoisotopic (exact) mass is 273 g/mol. The largest absolute Gasteiger partial charge is 0.493 e. The molecular weight excluding hydrogens is 246 g/mol. The Morgan fingerprint density at radius 3 is 2.80 bits per heavy atom. The predicted molar refractivity (Wildman–Crippen MR) is 83.3 cm³/mol. The summed E-state index contributed by atoms with van der Waals surface area (Å²) in [5.41, 5.74) is 2.97. The molecule has 1 fully saturated rings. The molecule has 2 aliphatic carbocycles. The zero-order valence-electron chi connectivity index (χ0n) is 12.7. The smallest absolute Gasteiger partial charge is 0.119 e. The summed E-state index contributed by atoms with van der Waals surface area (Å²) in [5, 5.41) is 3.56. The molecule has 2 nitrogen and oxygen atoms in total. The van der Waals surface area contributed by atoms with Gasteiger partial charge >= 0.3 is 0 Å². The van der Waals surface area contributed by atoms with Gasteiger partial charge in [0.15, 0.2) is 0 Å². The fourth-order valence-corrected chi connectivity index (χ4v) is 3.71. The lowest BCUT2D eigenvalue weighted by molar-refractivity contribution is 0.208. The molecule has 20 heavy (non-hydrogen) atoms. The summed E-state index contributed by atoms with van der Waals surface area (Å²) in [5.74, 6) is 1.86. The van der Waals surface area contributed by atoms with Gasteiger partial charge in [0, 0.05) is 6.04 Å². The third-order valence-electron chi connectivity index (χ3n) is 4.85. The molecule has 1 aromatic carbocycles. The minimum Gasteiger partial charge on any atom is -0.493 e. The Balaban J connectivity index is 1.58. The van der Waals surface area contributed by atoms with E-state index in [1.54, 1.807) is 0 Å². The molecule has 0 saturated heterocycles. The zero-order chi connectivity index (χ0) is 13.8. The Hall–Kier alpha value is -1.02. The summed E-state index contributed by atoms with van der Waals surface area (Å²) < 4.78 is 6.05. The number of nitrogens with one attached hydrogen (secondary N) is 1. The van der Waals surface area contributed by atoms with E-state index in [9.17, 15) is 0 Å². The van der Waals surface area contributed by atoms with Crippen LogP contribution in [0.4, 0.5) is 0 Å². The number of hydrogen-bond acceptors (Lipinski definition) is 2. The topological polar surface area (TPSA) is 21.3 Å². The first kappa shape index (κ1) is 13.9. The van der Waals surface area contributed by atoms with E-state index in [-0.39, 0.29) is 0 Å². The summed E-state index contributed by atoms with van der Waals surface area (Å²) >= 11 is 0. The van der Waals surface area contributed by atoms with Gasteiger partial charge in [-0.25, -0.2) is 0 Å². The van der Waals surface area contributed by atoms with Gasteiger partial charge in [-0.05, 0) is 61.4 Å². The number of aryl methyl sites for hydroxylation is 1. The van der Waals surface area contributed by atoms with Gasteiger partial charge in [0.1, 0.15) is 5.75 Å². The minimum atomic E-state index is 0.558. The van der Waals surface area contributed by atoms with E-state index in [0.29, 0.717) is 6.04 Å². The highest BCUT2D eigenvalue weighted by Crippen LogP contribution is 2.34. The van der Waals surface area contributed by atoms with Gasteiger partial charge in [-0.2, -0.15) is 0 Å². The highest BCUT2D eigenvalue weighted by Gasteiger charge is 2.22. The molecule has 0 bridgehead atoms. The molecule has 1 atom stereocenters. The predicted octanol–water partition coefficient (Wildman–Crippen LogP) is 4.24. The van der Waals surface area contributed by atoms with Gasteiger partial charge in [-0.3, -0.25) is 0 Å². The molecule has 1 N–H and O–H groups in total. The van der Waals surface area contributed by atoms with Crippen LogP contribution < -0.4 is 10.1 Å². The normalized spacial score (nSPS) is 22.8. The Morgan fingerprint density at radius 2 is 2.00 bits per heavy atom. The van der Waals surface area contributed by atoms with E-state index >= 15 is 0 Å². The maximum Gasteiger partial charge on any atom is 0.119 e. The van der Waals surface area contributed by atoms with E-state index in [4.69, 9.17) is 4.74 Å². The summed E-state index contributed by atoms with van der Waals surface area (Å²) in [6.07, 6.45) is 9.33. The summed E-state index contributed by atoms with van der Waals surface area (Å²) in [7, 11) is 0. The average molecular weight is 273 g/mol. The maximum atomic E-state index is 6.05. The summed E-state index contributed by atoms with van der Waals surface area (Å²) in [4.78, 5) is 0. The van der Waals surface area contributed by atoms with Gasteiger partial charge in [0.25, 0.3) is 0 Å². The Labute approximate surface area is 122 Å². The van der Waals surface area contributed by atoms with Crippen molar-refractivity contribution in [3.05, 3.63) is 29.3 Å². The van der Waals surface area contributed by atoms with Crippen molar-refractivity contribution in [1.82, 2.24) is 5.32 Å². The van der Waals surface area contributed by atoms with Crippen LogP contribution in [0.1, 0.15) is 62.6 Å². The van der Waals surface area contributed by atoms with Gasteiger partial charge in [0.2, 0.25) is 0 Å². The van der Waals surface area contributed by atoms with Crippen LogP contribution in [0.3, 0.4) is 0 Å². The van der Waals surface area contributed by atoms with Gasteiger partial charge in [0.05, 0.1) is 6.61 Å². The average Bonchev–Trinajstić information content (AvgIpc) is 2.89. The van der Waals surface area contributed by atoms with Crippen molar-refractivity contribution < 1.29 is 4.74 Å². The molecule has 0 spiro atoms. The van der Waals surface area contributed by atoms with Crippen LogP contribution >= 0.6 is 0 Å². The SMILES string of the molecule is CCNC1CCc2cc(OCC3CCCCC3)ccc21. The fourth-order valence-electron chi connectivity index (χ4n) is 3.71. The van der Waals surface area contributed by atoms with Gasteiger partial charge < -0.3 is 10.1 Å². The van der Waals surface area contributed by atoms with Gasteiger partial charge in [-0.1, -0.05) is 32.3 Å². The Kier molecular flexibility index (Phi) is 4.62. The van der Waals surface area contributed by atoms with E-state index in [1.165, 1.54) is 56.1 Å². The van der Waals surface area contributed by atoms with E-state index < -0.39 is 0 Å². The van der Waals surface area contributed by atoms with E-state index in [0.717, 1.165) is 24.8 Å².